The number of rotatable bonds is 6. The number of nitrogens with one attached hydrogen (secondary N) is 1. The summed E-state index contributed by atoms with van der Waals surface area (Å²) in [5, 5.41) is 3.55. The summed E-state index contributed by atoms with van der Waals surface area (Å²) in [7, 11) is -2.92. The van der Waals surface area contributed by atoms with Crippen molar-refractivity contribution in [3.8, 4) is 0 Å². The van der Waals surface area contributed by atoms with Crippen LogP contribution < -0.4 is 5.32 Å². The second-order valence-electron chi connectivity index (χ2n) is 6.47. The quantitative estimate of drug-likeness (QED) is 0.837. The van der Waals surface area contributed by atoms with Gasteiger partial charge in [0.05, 0.1) is 24.0 Å². The van der Waals surface area contributed by atoms with E-state index >= 15 is 0 Å². The van der Waals surface area contributed by atoms with Gasteiger partial charge in [-0.05, 0) is 42.2 Å². The maximum atomic E-state index is 12.4. The van der Waals surface area contributed by atoms with Crippen molar-refractivity contribution in [1.29, 1.82) is 0 Å². The molecule has 1 N–H and O–H groups in total. The number of sulfone groups is 1. The third-order valence-electron chi connectivity index (χ3n) is 4.54. The van der Waals surface area contributed by atoms with E-state index in [2.05, 4.69) is 5.32 Å². The number of halogens is 1. The fraction of sp³-hybridized carbons (Fsp3) is 0.389. The molecule has 0 radical (unpaired) electrons. The molecule has 2 atom stereocenters. The van der Waals surface area contributed by atoms with Crippen molar-refractivity contribution in [2.75, 3.05) is 18.1 Å². The molecule has 134 valence electrons. The molecule has 1 saturated heterocycles. The normalized spacial score (nSPS) is 20.3. The third kappa shape index (κ3) is 4.86. The number of carbonyl (C=O) groups excluding carboxylic acids is 1. The number of hydrogen-bond acceptors (Lipinski definition) is 3. The van der Waals surface area contributed by atoms with Gasteiger partial charge in [0.2, 0.25) is 5.91 Å². The van der Waals surface area contributed by atoms with Crippen molar-refractivity contribution >= 4 is 27.3 Å². The summed E-state index contributed by atoms with van der Waals surface area (Å²) in [5.41, 5.74) is 0.999. The van der Waals surface area contributed by atoms with Crippen LogP contribution in [0.3, 0.4) is 0 Å². The van der Waals surface area contributed by atoms with Gasteiger partial charge < -0.3 is 9.88 Å². The Morgan fingerprint density at radius 2 is 1.92 bits per heavy atom. The number of benzene rings is 1. The van der Waals surface area contributed by atoms with Crippen LogP contribution in [0, 0.1) is 5.92 Å². The van der Waals surface area contributed by atoms with Gasteiger partial charge in [-0.3, -0.25) is 4.79 Å². The van der Waals surface area contributed by atoms with E-state index in [0.29, 0.717) is 18.0 Å². The molecule has 1 aliphatic heterocycles. The smallest absolute Gasteiger partial charge is 0.222 e. The van der Waals surface area contributed by atoms with Gasteiger partial charge in [0.1, 0.15) is 0 Å². The summed E-state index contributed by atoms with van der Waals surface area (Å²) in [6, 6.07) is 11.2. The first-order valence-electron chi connectivity index (χ1n) is 8.28. The highest BCUT2D eigenvalue weighted by Gasteiger charge is 2.28. The van der Waals surface area contributed by atoms with E-state index in [9.17, 15) is 13.2 Å². The number of aromatic nitrogens is 1. The molecule has 2 heterocycles. The van der Waals surface area contributed by atoms with Crippen molar-refractivity contribution in [2.24, 2.45) is 5.92 Å². The van der Waals surface area contributed by atoms with E-state index in [4.69, 9.17) is 11.6 Å². The minimum atomic E-state index is -2.92. The Bertz CT molecular complexity index is 817. The van der Waals surface area contributed by atoms with E-state index in [0.717, 1.165) is 5.56 Å². The lowest BCUT2D eigenvalue weighted by molar-refractivity contribution is -0.121. The van der Waals surface area contributed by atoms with E-state index in [1.807, 2.05) is 53.4 Å². The monoisotopic (exact) mass is 380 g/mol. The molecule has 0 unspecified atom stereocenters. The maximum absolute atomic E-state index is 12.4. The third-order valence-corrected chi connectivity index (χ3v) is 6.62. The first kappa shape index (κ1) is 18.0. The minimum Gasteiger partial charge on any atom is -0.356 e. The highest BCUT2D eigenvalue weighted by molar-refractivity contribution is 7.91. The first-order chi connectivity index (χ1) is 11.9. The SMILES string of the molecule is O=C(C[C@H](c1ccc(Cl)cc1)n1cccc1)NC[C@H]1CCS(=O)(=O)C1. The van der Waals surface area contributed by atoms with Crippen molar-refractivity contribution in [3.05, 3.63) is 59.4 Å². The molecule has 1 aromatic carbocycles. The Morgan fingerprint density at radius 1 is 1.24 bits per heavy atom. The Hall–Kier alpha value is -1.79. The molecule has 1 aromatic heterocycles. The van der Waals surface area contributed by atoms with Crippen molar-refractivity contribution < 1.29 is 13.2 Å². The summed E-state index contributed by atoms with van der Waals surface area (Å²) in [5.74, 6) is 0.336. The topological polar surface area (TPSA) is 68.2 Å². The molecule has 1 amide bonds. The van der Waals surface area contributed by atoms with Crippen LogP contribution in [-0.2, 0) is 14.6 Å². The number of hydrogen-bond donors (Lipinski definition) is 1. The summed E-state index contributed by atoms with van der Waals surface area (Å²) >= 11 is 5.96. The fourth-order valence-corrected chi connectivity index (χ4v) is 5.16. The molecule has 0 bridgehead atoms. The van der Waals surface area contributed by atoms with Crippen LogP contribution in [-0.4, -0.2) is 36.9 Å². The molecule has 1 fully saturated rings. The van der Waals surface area contributed by atoms with Gasteiger partial charge in [-0.25, -0.2) is 8.42 Å². The van der Waals surface area contributed by atoms with Crippen molar-refractivity contribution in [3.63, 3.8) is 0 Å². The van der Waals surface area contributed by atoms with Crippen LogP contribution in [0.1, 0.15) is 24.4 Å². The Kier molecular flexibility index (Phi) is 5.49. The zero-order valence-electron chi connectivity index (χ0n) is 13.8. The molecule has 2 aromatic rings. The molecule has 25 heavy (non-hydrogen) atoms. The lowest BCUT2D eigenvalue weighted by Crippen LogP contribution is -2.31. The molecule has 0 saturated carbocycles. The standard InChI is InChI=1S/C18H21ClN2O3S/c19-16-5-3-15(4-6-16)17(21-8-1-2-9-21)11-18(22)20-12-14-7-10-25(23,24)13-14/h1-6,8-9,14,17H,7,10-13H2,(H,20,22)/t14-,17-/m1/s1. The van der Waals surface area contributed by atoms with E-state index in [1.54, 1.807) is 0 Å². The number of carbonyl (C=O) groups is 1. The van der Waals surface area contributed by atoms with Gasteiger partial charge in [-0.2, -0.15) is 0 Å². The van der Waals surface area contributed by atoms with Crippen LogP contribution >= 0.6 is 11.6 Å². The van der Waals surface area contributed by atoms with Gasteiger partial charge in [-0.1, -0.05) is 23.7 Å². The Balaban J connectivity index is 1.64. The van der Waals surface area contributed by atoms with Gasteiger partial charge in [0, 0.05) is 24.0 Å². The van der Waals surface area contributed by atoms with Gasteiger partial charge in [-0.15, -0.1) is 0 Å². The largest absolute Gasteiger partial charge is 0.356 e. The van der Waals surface area contributed by atoms with E-state index < -0.39 is 9.84 Å². The predicted octanol–water partition coefficient (Wildman–Crippen LogP) is 2.67. The van der Waals surface area contributed by atoms with Crippen LogP contribution in [0.2, 0.25) is 5.02 Å². The molecular formula is C18H21ClN2O3S. The molecule has 7 heteroatoms. The molecule has 1 aliphatic rings. The van der Waals surface area contributed by atoms with Gasteiger partial charge >= 0.3 is 0 Å². The Labute approximate surface area is 152 Å². The molecule has 3 rings (SSSR count). The zero-order valence-corrected chi connectivity index (χ0v) is 15.3. The lowest BCUT2D eigenvalue weighted by Gasteiger charge is -2.20. The zero-order chi connectivity index (χ0) is 17.9. The second kappa shape index (κ2) is 7.62. The maximum Gasteiger partial charge on any atom is 0.222 e. The molecule has 0 spiro atoms. The minimum absolute atomic E-state index is 0.0227. The lowest BCUT2D eigenvalue weighted by atomic mass is 10.0. The van der Waals surface area contributed by atoms with Crippen LogP contribution in [0.4, 0.5) is 0 Å². The molecule has 0 aliphatic carbocycles. The first-order valence-corrected chi connectivity index (χ1v) is 10.5. The highest BCUT2D eigenvalue weighted by atomic mass is 35.5. The van der Waals surface area contributed by atoms with Crippen LogP contribution in [0.25, 0.3) is 0 Å². The average molecular weight is 381 g/mol. The van der Waals surface area contributed by atoms with Crippen molar-refractivity contribution in [2.45, 2.75) is 18.9 Å². The molecule has 5 nitrogen and oxygen atoms in total. The van der Waals surface area contributed by atoms with Crippen molar-refractivity contribution in [1.82, 2.24) is 9.88 Å². The summed E-state index contributed by atoms with van der Waals surface area (Å²) in [6.07, 6.45) is 4.77. The van der Waals surface area contributed by atoms with E-state index in [1.165, 1.54) is 0 Å². The Morgan fingerprint density at radius 3 is 2.52 bits per heavy atom. The summed E-state index contributed by atoms with van der Waals surface area (Å²) in [6.45, 7) is 0.414. The summed E-state index contributed by atoms with van der Waals surface area (Å²) < 4.78 is 25.0. The van der Waals surface area contributed by atoms with Crippen LogP contribution in [0.15, 0.2) is 48.8 Å². The van der Waals surface area contributed by atoms with Gasteiger partial charge in [0.15, 0.2) is 9.84 Å². The van der Waals surface area contributed by atoms with Gasteiger partial charge in [0.25, 0.3) is 0 Å². The summed E-state index contributed by atoms with van der Waals surface area (Å²) in [4.78, 5) is 12.4. The highest BCUT2D eigenvalue weighted by Crippen LogP contribution is 2.24. The number of nitrogens with zero attached hydrogens (tertiary/aromatic N) is 1. The van der Waals surface area contributed by atoms with Crippen LogP contribution in [0.5, 0.6) is 0 Å². The van der Waals surface area contributed by atoms with E-state index in [-0.39, 0.29) is 35.8 Å². The predicted molar refractivity (Wildman–Crippen MR) is 98.4 cm³/mol. The fourth-order valence-electron chi connectivity index (χ4n) is 3.17. The second-order valence-corrected chi connectivity index (χ2v) is 9.14. The molecular weight excluding hydrogens is 360 g/mol. The number of amides is 1. The average Bonchev–Trinajstić information content (AvgIpc) is 3.21.